The monoisotopic (exact) mass is 628 g/mol. The van der Waals surface area contributed by atoms with Crippen LogP contribution in [-0.2, 0) is 15.0 Å². The molecular formula is C29H30F6N4O5. The number of rotatable bonds is 4. The van der Waals surface area contributed by atoms with Crippen molar-refractivity contribution in [2.45, 2.75) is 43.6 Å². The number of carboxylic acid groups (broad SMARTS) is 2. The van der Waals surface area contributed by atoms with Crippen LogP contribution >= 0.6 is 0 Å². The van der Waals surface area contributed by atoms with Gasteiger partial charge in [-0.3, -0.25) is 9.78 Å². The molecule has 1 amide bonds. The van der Waals surface area contributed by atoms with Gasteiger partial charge in [0.2, 0.25) is 0 Å². The van der Waals surface area contributed by atoms with Crippen molar-refractivity contribution in [2.24, 2.45) is 0 Å². The van der Waals surface area contributed by atoms with Crippen LogP contribution in [0.5, 0.6) is 0 Å². The maximum atomic E-state index is 12.7. The fourth-order valence-corrected chi connectivity index (χ4v) is 5.00. The molecule has 0 bridgehead atoms. The summed E-state index contributed by atoms with van der Waals surface area (Å²) in [6.07, 6.45) is -6.18. The van der Waals surface area contributed by atoms with Crippen molar-refractivity contribution >= 4 is 34.4 Å². The Morgan fingerprint density at radius 1 is 0.955 bits per heavy atom. The summed E-state index contributed by atoms with van der Waals surface area (Å²) >= 11 is 0. The average Bonchev–Trinajstić information content (AvgIpc) is 3.31. The van der Waals surface area contributed by atoms with Gasteiger partial charge in [0.15, 0.2) is 0 Å². The Morgan fingerprint density at radius 2 is 1.50 bits per heavy atom. The van der Waals surface area contributed by atoms with Gasteiger partial charge >= 0.3 is 24.3 Å². The van der Waals surface area contributed by atoms with Crippen LogP contribution in [0.15, 0.2) is 60.8 Å². The summed E-state index contributed by atoms with van der Waals surface area (Å²) < 4.78 is 63.5. The van der Waals surface area contributed by atoms with Gasteiger partial charge < -0.3 is 25.7 Å². The standard InChI is InChI=1S/C25H28N4O.2C2HF3O2/c1-18(28-24(30)20-14-19-6-2-4-8-22(19)26-15-20)16-29-12-10-25(11-13-29)17-27-23-9-5-3-7-21(23)25;2*3-2(4,5)1(6)7/h2-9,14-15,18,27H,10-13,16-17H2,1H3,(H,28,30);2*(H,6,7)/t18-;;/m1../s1. The number of fused-ring (bicyclic) bond motifs is 3. The van der Waals surface area contributed by atoms with E-state index < -0.39 is 24.3 Å². The highest BCUT2D eigenvalue weighted by molar-refractivity contribution is 5.97. The highest BCUT2D eigenvalue weighted by Gasteiger charge is 2.41. The van der Waals surface area contributed by atoms with Crippen LogP contribution in [-0.4, -0.2) is 82.5 Å². The third-order valence-corrected chi connectivity index (χ3v) is 7.18. The Balaban J connectivity index is 0.000000317. The van der Waals surface area contributed by atoms with Crippen LogP contribution in [0.25, 0.3) is 10.9 Å². The number of anilines is 1. The number of carbonyl (C=O) groups excluding carboxylic acids is 1. The molecule has 1 spiro atoms. The Morgan fingerprint density at radius 3 is 2.09 bits per heavy atom. The first-order valence-electron chi connectivity index (χ1n) is 13.3. The normalized spacial score (nSPS) is 16.3. The number of nitrogens with one attached hydrogen (secondary N) is 2. The lowest BCUT2D eigenvalue weighted by molar-refractivity contribution is -0.193. The molecule has 0 radical (unpaired) electrons. The predicted octanol–water partition coefficient (Wildman–Crippen LogP) is 5.08. The van der Waals surface area contributed by atoms with Crippen molar-refractivity contribution in [2.75, 3.05) is 31.5 Å². The molecule has 5 rings (SSSR count). The maximum absolute atomic E-state index is 12.7. The minimum Gasteiger partial charge on any atom is -0.475 e. The fraction of sp³-hybridized carbons (Fsp3) is 0.379. The second kappa shape index (κ2) is 13.9. The third-order valence-electron chi connectivity index (χ3n) is 7.18. The van der Waals surface area contributed by atoms with Gasteiger partial charge in [0.05, 0.1) is 11.1 Å². The Kier molecular flexibility index (Phi) is 10.8. The number of aromatic nitrogens is 1. The number of piperidine rings is 1. The number of alkyl halides is 6. The molecule has 2 aliphatic heterocycles. The Labute approximate surface area is 247 Å². The quantitative estimate of drug-likeness (QED) is 0.295. The predicted molar refractivity (Wildman–Crippen MR) is 148 cm³/mol. The van der Waals surface area contributed by atoms with E-state index in [0.29, 0.717) is 5.56 Å². The smallest absolute Gasteiger partial charge is 0.475 e. The number of hydrogen-bond donors (Lipinski definition) is 4. The first kappa shape index (κ1) is 34.1. The summed E-state index contributed by atoms with van der Waals surface area (Å²) in [5, 5.41) is 22.0. The molecule has 0 aliphatic carbocycles. The molecule has 1 fully saturated rings. The molecule has 1 atom stereocenters. The van der Waals surface area contributed by atoms with Crippen molar-refractivity contribution in [1.82, 2.24) is 15.2 Å². The van der Waals surface area contributed by atoms with Gasteiger partial charge in [0.1, 0.15) is 0 Å². The number of likely N-dealkylation sites (tertiary alicyclic amines) is 1. The third kappa shape index (κ3) is 9.05. The highest BCUT2D eigenvalue weighted by atomic mass is 19.4. The van der Waals surface area contributed by atoms with E-state index in [-0.39, 0.29) is 17.4 Å². The van der Waals surface area contributed by atoms with Gasteiger partial charge in [-0.15, -0.1) is 0 Å². The van der Waals surface area contributed by atoms with Crippen LogP contribution in [0, 0.1) is 0 Å². The highest BCUT2D eigenvalue weighted by Crippen LogP contribution is 2.43. The Hall–Kier alpha value is -4.40. The van der Waals surface area contributed by atoms with E-state index in [4.69, 9.17) is 19.8 Å². The number of hydrogen-bond acceptors (Lipinski definition) is 6. The lowest BCUT2D eigenvalue weighted by Crippen LogP contribution is -2.48. The number of carbonyl (C=O) groups is 3. The zero-order chi connectivity index (χ0) is 32.7. The second-order valence-electron chi connectivity index (χ2n) is 10.4. The average molecular weight is 629 g/mol. The number of nitrogens with zero attached hydrogens (tertiary/aromatic N) is 2. The topological polar surface area (TPSA) is 132 Å². The van der Waals surface area contributed by atoms with Crippen molar-refractivity contribution in [3.63, 3.8) is 0 Å². The first-order chi connectivity index (χ1) is 20.5. The molecule has 2 aliphatic rings. The number of pyridine rings is 1. The number of amides is 1. The zero-order valence-corrected chi connectivity index (χ0v) is 23.4. The van der Waals surface area contributed by atoms with Gasteiger partial charge in [0, 0.05) is 41.8 Å². The lowest BCUT2D eigenvalue weighted by atomic mass is 9.74. The molecular weight excluding hydrogens is 598 g/mol. The molecule has 2 aromatic carbocycles. The minimum absolute atomic E-state index is 0.0526. The lowest BCUT2D eigenvalue weighted by Gasteiger charge is -2.40. The molecule has 3 aromatic rings. The molecule has 9 nitrogen and oxygen atoms in total. The van der Waals surface area contributed by atoms with Crippen LogP contribution in [0.1, 0.15) is 35.7 Å². The van der Waals surface area contributed by atoms with Crippen molar-refractivity contribution in [3.8, 4) is 0 Å². The number of carboxylic acids is 2. The minimum atomic E-state index is -5.08. The fourth-order valence-electron chi connectivity index (χ4n) is 5.00. The molecule has 15 heteroatoms. The van der Waals surface area contributed by atoms with E-state index >= 15 is 0 Å². The van der Waals surface area contributed by atoms with Crippen molar-refractivity contribution < 1.29 is 50.9 Å². The molecule has 238 valence electrons. The Bertz CT molecular complexity index is 1450. The van der Waals surface area contributed by atoms with Crippen LogP contribution in [0.4, 0.5) is 32.0 Å². The first-order valence-corrected chi connectivity index (χ1v) is 13.3. The van der Waals surface area contributed by atoms with Crippen molar-refractivity contribution in [1.29, 1.82) is 0 Å². The van der Waals surface area contributed by atoms with Crippen molar-refractivity contribution in [3.05, 3.63) is 71.9 Å². The van der Waals surface area contributed by atoms with Crippen LogP contribution < -0.4 is 10.6 Å². The van der Waals surface area contributed by atoms with E-state index in [1.165, 1.54) is 11.3 Å². The van der Waals surface area contributed by atoms with Gasteiger partial charge in [0.25, 0.3) is 5.91 Å². The molecule has 1 aromatic heterocycles. The van der Waals surface area contributed by atoms with Gasteiger partial charge in [-0.1, -0.05) is 36.4 Å². The second-order valence-corrected chi connectivity index (χ2v) is 10.4. The van der Waals surface area contributed by atoms with Crippen LogP contribution in [0.3, 0.4) is 0 Å². The summed E-state index contributed by atoms with van der Waals surface area (Å²) in [6, 6.07) is 18.6. The van der Waals surface area contributed by atoms with E-state index in [2.05, 4.69) is 51.7 Å². The largest absolute Gasteiger partial charge is 0.490 e. The summed E-state index contributed by atoms with van der Waals surface area (Å²) in [5.41, 5.74) is 4.58. The molecule has 4 N–H and O–H groups in total. The number of para-hydroxylation sites is 2. The summed E-state index contributed by atoms with van der Waals surface area (Å²) in [5.74, 6) is -5.57. The van der Waals surface area contributed by atoms with E-state index in [1.54, 1.807) is 6.20 Å². The van der Waals surface area contributed by atoms with Crippen LogP contribution in [0.2, 0.25) is 0 Å². The number of aliphatic carboxylic acids is 2. The summed E-state index contributed by atoms with van der Waals surface area (Å²) in [4.78, 5) is 37.4. The molecule has 0 unspecified atom stereocenters. The molecule has 1 saturated heterocycles. The van der Waals surface area contributed by atoms with Gasteiger partial charge in [-0.25, -0.2) is 9.59 Å². The number of halogens is 6. The summed E-state index contributed by atoms with van der Waals surface area (Å²) in [6.45, 7) is 6.13. The van der Waals surface area contributed by atoms with E-state index in [9.17, 15) is 31.1 Å². The molecule has 44 heavy (non-hydrogen) atoms. The summed E-state index contributed by atoms with van der Waals surface area (Å²) in [7, 11) is 0. The maximum Gasteiger partial charge on any atom is 0.490 e. The number of benzene rings is 2. The van der Waals surface area contributed by atoms with E-state index in [1.807, 2.05) is 30.3 Å². The molecule has 0 saturated carbocycles. The molecule has 3 heterocycles. The SMILES string of the molecule is C[C@H](CN1CCC2(CC1)CNc1ccccc12)NC(=O)c1cnc2ccccc2c1.O=C(O)C(F)(F)F.O=C(O)C(F)(F)F. The van der Waals surface area contributed by atoms with Gasteiger partial charge in [-0.05, 0) is 56.6 Å². The van der Waals surface area contributed by atoms with Gasteiger partial charge in [-0.2, -0.15) is 26.3 Å². The van der Waals surface area contributed by atoms with E-state index in [0.717, 1.165) is 49.9 Å². The zero-order valence-electron chi connectivity index (χ0n) is 23.4.